The van der Waals surface area contributed by atoms with Crippen molar-refractivity contribution in [3.8, 4) is 0 Å². The largest absolute Gasteiger partial charge is 0.393 e. The molecule has 0 heterocycles. The van der Waals surface area contributed by atoms with Crippen LogP contribution in [0.2, 0.25) is 0 Å². The summed E-state index contributed by atoms with van der Waals surface area (Å²) in [7, 11) is 0. The molecule has 0 aromatic rings. The molecule has 0 aliphatic heterocycles. The number of rotatable bonds is 5. The summed E-state index contributed by atoms with van der Waals surface area (Å²) in [4.78, 5) is 0. The minimum Gasteiger partial charge on any atom is -0.393 e. The fourth-order valence-electron chi connectivity index (χ4n) is 1.46. The molecule has 3 unspecified atom stereocenters. The molecule has 2 nitrogen and oxygen atoms in total. The maximum absolute atomic E-state index is 9.08. The number of hydrogen-bond acceptors (Lipinski definition) is 2. The second kappa shape index (κ2) is 5.56. The molecule has 0 aromatic heterocycles. The minimum absolute atomic E-state index is 0.171. The minimum atomic E-state index is -0.171. The van der Waals surface area contributed by atoms with Crippen molar-refractivity contribution in [2.45, 2.75) is 39.7 Å². The van der Waals surface area contributed by atoms with Crippen molar-refractivity contribution in [1.82, 2.24) is 0 Å². The smallest absolute Gasteiger partial charge is 0.0514 e. The van der Waals surface area contributed by atoms with E-state index in [0.29, 0.717) is 11.8 Å². The SMILES string of the molecule is CC(O)CC(C)CC(C)CN. The average molecular weight is 159 g/mol. The average Bonchev–Trinajstić information content (AvgIpc) is 1.85. The molecule has 0 aliphatic carbocycles. The maximum Gasteiger partial charge on any atom is 0.0514 e. The first-order valence-corrected chi connectivity index (χ1v) is 4.44. The number of aliphatic hydroxyl groups excluding tert-OH is 1. The lowest BCUT2D eigenvalue weighted by Crippen LogP contribution is -2.16. The first-order chi connectivity index (χ1) is 5.06. The summed E-state index contributed by atoms with van der Waals surface area (Å²) in [5, 5.41) is 9.08. The van der Waals surface area contributed by atoms with Crippen LogP contribution in [-0.4, -0.2) is 17.8 Å². The summed E-state index contributed by atoms with van der Waals surface area (Å²) in [6, 6.07) is 0. The van der Waals surface area contributed by atoms with Crippen LogP contribution in [0.15, 0.2) is 0 Å². The van der Waals surface area contributed by atoms with Crippen molar-refractivity contribution in [3.05, 3.63) is 0 Å². The molecule has 0 radical (unpaired) electrons. The second-order valence-corrected chi connectivity index (χ2v) is 3.77. The molecule has 2 heteroatoms. The summed E-state index contributed by atoms with van der Waals surface area (Å²) in [6.45, 7) is 6.91. The van der Waals surface area contributed by atoms with Crippen LogP contribution >= 0.6 is 0 Å². The van der Waals surface area contributed by atoms with Gasteiger partial charge >= 0.3 is 0 Å². The van der Waals surface area contributed by atoms with Gasteiger partial charge < -0.3 is 10.8 Å². The molecule has 0 saturated carbocycles. The molecule has 11 heavy (non-hydrogen) atoms. The van der Waals surface area contributed by atoms with Gasteiger partial charge in [-0.1, -0.05) is 13.8 Å². The summed E-state index contributed by atoms with van der Waals surface area (Å²) < 4.78 is 0. The van der Waals surface area contributed by atoms with Crippen molar-refractivity contribution in [2.75, 3.05) is 6.54 Å². The third-order valence-corrected chi connectivity index (χ3v) is 1.95. The van der Waals surface area contributed by atoms with Crippen molar-refractivity contribution in [3.63, 3.8) is 0 Å². The van der Waals surface area contributed by atoms with Crippen LogP contribution in [0.1, 0.15) is 33.6 Å². The molecule has 3 N–H and O–H groups in total. The molecule has 0 aliphatic rings. The van der Waals surface area contributed by atoms with Gasteiger partial charge in [-0.15, -0.1) is 0 Å². The molecular formula is C9H21NO. The van der Waals surface area contributed by atoms with Crippen LogP contribution < -0.4 is 5.73 Å². The zero-order valence-corrected chi connectivity index (χ0v) is 7.88. The molecule has 68 valence electrons. The second-order valence-electron chi connectivity index (χ2n) is 3.77. The van der Waals surface area contributed by atoms with E-state index in [4.69, 9.17) is 10.8 Å². The highest BCUT2D eigenvalue weighted by Crippen LogP contribution is 2.15. The maximum atomic E-state index is 9.08. The van der Waals surface area contributed by atoms with Crippen LogP contribution in [0.3, 0.4) is 0 Å². The topological polar surface area (TPSA) is 46.2 Å². The Morgan fingerprint density at radius 1 is 1.09 bits per heavy atom. The Morgan fingerprint density at radius 3 is 2.00 bits per heavy atom. The van der Waals surface area contributed by atoms with E-state index >= 15 is 0 Å². The lowest BCUT2D eigenvalue weighted by molar-refractivity contribution is 0.157. The Bertz CT molecular complexity index is 93.6. The lowest BCUT2D eigenvalue weighted by Gasteiger charge is -2.16. The van der Waals surface area contributed by atoms with E-state index in [1.165, 1.54) is 0 Å². The van der Waals surface area contributed by atoms with Crippen LogP contribution in [-0.2, 0) is 0 Å². The van der Waals surface area contributed by atoms with Gasteiger partial charge in [-0.05, 0) is 38.1 Å². The Balaban J connectivity index is 3.43. The van der Waals surface area contributed by atoms with Crippen molar-refractivity contribution in [2.24, 2.45) is 17.6 Å². The van der Waals surface area contributed by atoms with Gasteiger partial charge in [0.1, 0.15) is 0 Å². The summed E-state index contributed by atoms with van der Waals surface area (Å²) in [5.41, 5.74) is 5.49. The summed E-state index contributed by atoms with van der Waals surface area (Å²) >= 11 is 0. The Labute approximate surface area is 69.8 Å². The zero-order valence-electron chi connectivity index (χ0n) is 7.88. The molecule has 0 rings (SSSR count). The van der Waals surface area contributed by atoms with Crippen LogP contribution in [0, 0.1) is 11.8 Å². The van der Waals surface area contributed by atoms with E-state index in [0.717, 1.165) is 19.4 Å². The molecule has 0 aromatic carbocycles. The third kappa shape index (κ3) is 6.32. The van der Waals surface area contributed by atoms with E-state index in [1.54, 1.807) is 0 Å². The Morgan fingerprint density at radius 2 is 1.64 bits per heavy atom. The van der Waals surface area contributed by atoms with E-state index in [2.05, 4.69) is 13.8 Å². The normalized spacial score (nSPS) is 19.4. The first-order valence-electron chi connectivity index (χ1n) is 4.44. The Hall–Kier alpha value is -0.0800. The van der Waals surface area contributed by atoms with E-state index in [1.807, 2.05) is 6.92 Å². The van der Waals surface area contributed by atoms with Crippen LogP contribution in [0.25, 0.3) is 0 Å². The quantitative estimate of drug-likeness (QED) is 0.636. The number of nitrogens with two attached hydrogens (primary N) is 1. The van der Waals surface area contributed by atoms with E-state index in [9.17, 15) is 0 Å². The van der Waals surface area contributed by atoms with Crippen LogP contribution in [0.4, 0.5) is 0 Å². The van der Waals surface area contributed by atoms with Crippen molar-refractivity contribution < 1.29 is 5.11 Å². The molecule has 0 saturated heterocycles. The molecule has 0 bridgehead atoms. The highest BCUT2D eigenvalue weighted by atomic mass is 16.3. The molecule has 3 atom stereocenters. The van der Waals surface area contributed by atoms with Gasteiger partial charge in [-0.3, -0.25) is 0 Å². The summed E-state index contributed by atoms with van der Waals surface area (Å²) in [5.74, 6) is 1.18. The fourth-order valence-corrected chi connectivity index (χ4v) is 1.46. The predicted molar refractivity (Wildman–Crippen MR) is 48.3 cm³/mol. The molecular weight excluding hydrogens is 138 g/mol. The van der Waals surface area contributed by atoms with Gasteiger partial charge in [-0.2, -0.15) is 0 Å². The van der Waals surface area contributed by atoms with E-state index < -0.39 is 0 Å². The number of aliphatic hydroxyl groups is 1. The van der Waals surface area contributed by atoms with Gasteiger partial charge in [0.15, 0.2) is 0 Å². The highest BCUT2D eigenvalue weighted by Gasteiger charge is 2.09. The van der Waals surface area contributed by atoms with Gasteiger partial charge in [-0.25, -0.2) is 0 Å². The van der Waals surface area contributed by atoms with E-state index in [-0.39, 0.29) is 6.10 Å². The standard InChI is InChI=1S/C9H21NO/c1-7(5-9(3)11)4-8(2)6-10/h7-9,11H,4-6,10H2,1-3H3. The van der Waals surface area contributed by atoms with Gasteiger partial charge in [0.25, 0.3) is 0 Å². The monoisotopic (exact) mass is 159 g/mol. The highest BCUT2D eigenvalue weighted by molar-refractivity contribution is 4.62. The number of hydrogen-bond donors (Lipinski definition) is 2. The lowest BCUT2D eigenvalue weighted by atomic mass is 9.93. The molecule has 0 spiro atoms. The fraction of sp³-hybridized carbons (Fsp3) is 1.00. The molecule has 0 fully saturated rings. The van der Waals surface area contributed by atoms with Gasteiger partial charge in [0.2, 0.25) is 0 Å². The van der Waals surface area contributed by atoms with Gasteiger partial charge in [0, 0.05) is 0 Å². The van der Waals surface area contributed by atoms with Crippen molar-refractivity contribution >= 4 is 0 Å². The third-order valence-electron chi connectivity index (χ3n) is 1.95. The Kier molecular flexibility index (Phi) is 5.51. The molecule has 0 amide bonds. The predicted octanol–water partition coefficient (Wildman–Crippen LogP) is 1.38. The van der Waals surface area contributed by atoms with Gasteiger partial charge in [0.05, 0.1) is 6.10 Å². The zero-order chi connectivity index (χ0) is 8.85. The summed E-state index contributed by atoms with van der Waals surface area (Å²) in [6.07, 6.45) is 1.85. The van der Waals surface area contributed by atoms with Crippen molar-refractivity contribution in [1.29, 1.82) is 0 Å². The van der Waals surface area contributed by atoms with Crippen LogP contribution in [0.5, 0.6) is 0 Å². The first kappa shape index (κ1) is 10.9.